The molecule has 0 bridgehead atoms. The first kappa shape index (κ1) is 19.2. The van der Waals surface area contributed by atoms with Gasteiger partial charge in [-0.15, -0.1) is 16.4 Å². The van der Waals surface area contributed by atoms with Gasteiger partial charge < -0.3 is 10.2 Å². The molecule has 4 heterocycles. The number of hydrogen-bond donors (Lipinski definition) is 1. The fourth-order valence-electron chi connectivity index (χ4n) is 4.52. The van der Waals surface area contributed by atoms with Gasteiger partial charge in [0.25, 0.3) is 0 Å². The van der Waals surface area contributed by atoms with E-state index in [1.807, 2.05) is 0 Å². The van der Waals surface area contributed by atoms with E-state index < -0.39 is 11.2 Å². The molecular weight excluding hydrogens is 404 g/mol. The van der Waals surface area contributed by atoms with E-state index >= 15 is 0 Å². The zero-order chi connectivity index (χ0) is 21.2. The fourth-order valence-corrected chi connectivity index (χ4v) is 5.86. The van der Waals surface area contributed by atoms with Crippen molar-refractivity contribution in [1.29, 1.82) is 0 Å². The van der Waals surface area contributed by atoms with Gasteiger partial charge in [-0.3, -0.25) is 9.59 Å². The van der Waals surface area contributed by atoms with Crippen LogP contribution in [0.3, 0.4) is 0 Å². The number of hydrogen-bond acceptors (Lipinski definition) is 6. The SMILES string of the molecule is CC1CCc2c(sc3ncn4c(=O)n(CC(=O)N5CCNC(=O)C5(C)C)nc4c23)C1. The number of amides is 2. The second kappa shape index (κ2) is 6.63. The molecule has 0 radical (unpaired) electrons. The second-order valence-corrected chi connectivity index (χ2v) is 9.85. The third-order valence-electron chi connectivity index (χ3n) is 6.32. The van der Waals surface area contributed by atoms with E-state index in [1.54, 1.807) is 25.2 Å². The summed E-state index contributed by atoms with van der Waals surface area (Å²) in [6, 6.07) is 0. The van der Waals surface area contributed by atoms with Crippen LogP contribution in [0.1, 0.15) is 37.6 Å². The van der Waals surface area contributed by atoms with Crippen LogP contribution in [-0.2, 0) is 29.0 Å². The molecule has 1 fully saturated rings. The van der Waals surface area contributed by atoms with Gasteiger partial charge in [0.05, 0.1) is 5.39 Å². The van der Waals surface area contributed by atoms with Crippen LogP contribution in [0.15, 0.2) is 11.1 Å². The van der Waals surface area contributed by atoms with E-state index in [4.69, 9.17) is 0 Å². The molecule has 1 unspecified atom stereocenters. The van der Waals surface area contributed by atoms with E-state index in [0.29, 0.717) is 24.7 Å². The van der Waals surface area contributed by atoms with Crippen molar-refractivity contribution in [2.75, 3.05) is 13.1 Å². The summed E-state index contributed by atoms with van der Waals surface area (Å²) in [5, 5.41) is 8.24. The minimum absolute atomic E-state index is 0.200. The molecule has 0 spiro atoms. The highest BCUT2D eigenvalue weighted by Crippen LogP contribution is 2.38. The lowest BCUT2D eigenvalue weighted by molar-refractivity contribution is -0.149. The first-order chi connectivity index (χ1) is 14.3. The maximum Gasteiger partial charge on any atom is 0.352 e. The van der Waals surface area contributed by atoms with Gasteiger partial charge in [0.15, 0.2) is 5.65 Å². The summed E-state index contributed by atoms with van der Waals surface area (Å²) >= 11 is 1.67. The molecule has 158 valence electrons. The molecule has 9 nitrogen and oxygen atoms in total. The van der Waals surface area contributed by atoms with Crippen LogP contribution in [0.4, 0.5) is 0 Å². The predicted octanol–water partition coefficient (Wildman–Crippen LogP) is 0.967. The quantitative estimate of drug-likeness (QED) is 0.655. The Morgan fingerprint density at radius 1 is 1.37 bits per heavy atom. The lowest BCUT2D eigenvalue weighted by Crippen LogP contribution is -2.64. The van der Waals surface area contributed by atoms with Crippen LogP contribution in [0.2, 0.25) is 0 Å². The molecule has 0 aromatic carbocycles. The molecule has 0 saturated carbocycles. The molecule has 3 aromatic heterocycles. The van der Waals surface area contributed by atoms with Crippen molar-refractivity contribution in [2.45, 2.75) is 52.1 Å². The number of nitrogens with one attached hydrogen (secondary N) is 1. The van der Waals surface area contributed by atoms with Gasteiger partial charge >= 0.3 is 5.69 Å². The highest BCUT2D eigenvalue weighted by Gasteiger charge is 2.40. The fraction of sp³-hybridized carbons (Fsp3) is 0.550. The number of carbonyl (C=O) groups excluding carboxylic acids is 2. The van der Waals surface area contributed by atoms with Crippen LogP contribution >= 0.6 is 11.3 Å². The monoisotopic (exact) mass is 428 g/mol. The Balaban J connectivity index is 1.55. The normalized spacial score (nSPS) is 21.1. The number of fused-ring (bicyclic) bond motifs is 5. The van der Waals surface area contributed by atoms with Crippen LogP contribution in [0, 0.1) is 5.92 Å². The Bertz CT molecular complexity index is 1250. The Hall–Kier alpha value is -2.75. The summed E-state index contributed by atoms with van der Waals surface area (Å²) in [7, 11) is 0. The largest absolute Gasteiger partial charge is 0.352 e. The van der Waals surface area contributed by atoms with Gasteiger partial charge in [0.2, 0.25) is 11.8 Å². The minimum Gasteiger partial charge on any atom is -0.352 e. The van der Waals surface area contributed by atoms with Crippen molar-refractivity contribution in [3.63, 3.8) is 0 Å². The van der Waals surface area contributed by atoms with Gasteiger partial charge in [-0.25, -0.2) is 18.9 Å². The Morgan fingerprint density at radius 3 is 2.97 bits per heavy atom. The molecular formula is C20H24N6O3S. The summed E-state index contributed by atoms with van der Waals surface area (Å²) in [5.41, 5.74) is 0.441. The zero-order valence-electron chi connectivity index (χ0n) is 17.3. The van der Waals surface area contributed by atoms with Crippen molar-refractivity contribution >= 4 is 39.0 Å². The number of thiophene rings is 1. The Morgan fingerprint density at radius 2 is 2.17 bits per heavy atom. The first-order valence-electron chi connectivity index (χ1n) is 10.2. The molecule has 30 heavy (non-hydrogen) atoms. The second-order valence-electron chi connectivity index (χ2n) is 8.77. The minimum atomic E-state index is -0.962. The maximum atomic E-state index is 13.0. The summed E-state index contributed by atoms with van der Waals surface area (Å²) in [6.45, 7) is 6.27. The van der Waals surface area contributed by atoms with Crippen molar-refractivity contribution < 1.29 is 9.59 Å². The van der Waals surface area contributed by atoms with Crippen LogP contribution in [-0.4, -0.2) is 54.5 Å². The number of rotatable bonds is 2. The Labute approximate surface area is 176 Å². The average Bonchev–Trinajstić information content (AvgIpc) is 3.21. The topological polar surface area (TPSA) is 102 Å². The number of piperazine rings is 1. The summed E-state index contributed by atoms with van der Waals surface area (Å²) in [6.07, 6.45) is 4.58. The summed E-state index contributed by atoms with van der Waals surface area (Å²) in [4.78, 5) is 46.3. The van der Waals surface area contributed by atoms with Crippen molar-refractivity contribution in [3.8, 4) is 0 Å². The third kappa shape index (κ3) is 2.77. The van der Waals surface area contributed by atoms with Gasteiger partial charge in [0.1, 0.15) is 23.2 Å². The lowest BCUT2D eigenvalue weighted by atomic mass is 9.89. The van der Waals surface area contributed by atoms with Crippen molar-refractivity contribution in [3.05, 3.63) is 27.3 Å². The van der Waals surface area contributed by atoms with E-state index in [2.05, 4.69) is 22.3 Å². The average molecular weight is 429 g/mol. The van der Waals surface area contributed by atoms with Gasteiger partial charge in [-0.2, -0.15) is 0 Å². The standard InChI is InChI=1S/C20H24N6O3S/c1-11-4-5-12-13(8-11)30-17-15(12)16-23-26(19(29)24(16)10-22-17)9-14(27)25-7-6-21-18(28)20(25,2)3/h10-11H,4-9H2,1-3H3,(H,21,28). The van der Waals surface area contributed by atoms with E-state index in [9.17, 15) is 14.4 Å². The number of carbonyl (C=O) groups is 2. The number of aryl methyl sites for hydroxylation is 1. The first-order valence-corrected chi connectivity index (χ1v) is 11.1. The predicted molar refractivity (Wildman–Crippen MR) is 113 cm³/mol. The maximum absolute atomic E-state index is 13.0. The molecule has 3 aromatic rings. The summed E-state index contributed by atoms with van der Waals surface area (Å²) < 4.78 is 2.62. The Kier molecular flexibility index (Phi) is 4.25. The molecule has 1 atom stereocenters. The van der Waals surface area contributed by atoms with E-state index in [1.165, 1.54) is 30.8 Å². The van der Waals surface area contributed by atoms with Gasteiger partial charge in [0, 0.05) is 18.0 Å². The lowest BCUT2D eigenvalue weighted by Gasteiger charge is -2.41. The van der Waals surface area contributed by atoms with E-state index in [0.717, 1.165) is 29.5 Å². The molecule has 5 rings (SSSR count). The highest BCUT2D eigenvalue weighted by molar-refractivity contribution is 7.19. The van der Waals surface area contributed by atoms with Crippen LogP contribution in [0.5, 0.6) is 0 Å². The van der Waals surface area contributed by atoms with E-state index in [-0.39, 0.29) is 18.4 Å². The summed E-state index contributed by atoms with van der Waals surface area (Å²) in [5.74, 6) is 0.143. The smallest absolute Gasteiger partial charge is 0.352 e. The highest BCUT2D eigenvalue weighted by atomic mass is 32.1. The molecule has 1 aliphatic carbocycles. The van der Waals surface area contributed by atoms with Crippen LogP contribution < -0.4 is 11.0 Å². The molecule has 1 aliphatic heterocycles. The molecule has 1 N–H and O–H groups in total. The van der Waals surface area contributed by atoms with Crippen molar-refractivity contribution in [1.82, 2.24) is 29.4 Å². The number of aromatic nitrogens is 4. The zero-order valence-corrected chi connectivity index (χ0v) is 18.1. The molecule has 1 saturated heterocycles. The molecule has 10 heteroatoms. The molecule has 2 amide bonds. The van der Waals surface area contributed by atoms with Gasteiger partial charge in [-0.05, 0) is 44.6 Å². The van der Waals surface area contributed by atoms with Crippen molar-refractivity contribution in [2.24, 2.45) is 5.92 Å². The third-order valence-corrected chi connectivity index (χ3v) is 7.48. The van der Waals surface area contributed by atoms with Gasteiger partial charge in [-0.1, -0.05) is 6.92 Å². The molecule has 2 aliphatic rings. The number of nitrogens with zero attached hydrogens (tertiary/aromatic N) is 5. The van der Waals surface area contributed by atoms with Crippen LogP contribution in [0.25, 0.3) is 15.9 Å².